The van der Waals surface area contributed by atoms with E-state index in [9.17, 15) is 0 Å². The van der Waals surface area contributed by atoms with E-state index in [2.05, 4.69) is 40.4 Å². The maximum Gasteiger partial charge on any atom is 0.158 e. The van der Waals surface area contributed by atoms with Gasteiger partial charge in [0, 0.05) is 23.2 Å². The Morgan fingerprint density at radius 2 is 2.13 bits per heavy atom. The Bertz CT molecular complexity index is 957. The van der Waals surface area contributed by atoms with Crippen LogP contribution in [0.15, 0.2) is 17.5 Å². The molecule has 23 heavy (non-hydrogen) atoms. The number of anilines is 1. The van der Waals surface area contributed by atoms with Crippen LogP contribution in [0.25, 0.3) is 10.2 Å². The molecule has 3 rings (SSSR count). The van der Waals surface area contributed by atoms with Crippen molar-refractivity contribution in [2.75, 3.05) is 5.43 Å². The zero-order valence-corrected chi connectivity index (χ0v) is 14.2. The van der Waals surface area contributed by atoms with Gasteiger partial charge in [0.1, 0.15) is 22.9 Å². The Balaban J connectivity index is 1.91. The predicted octanol–water partition coefficient (Wildman–Crippen LogP) is 3.27. The summed E-state index contributed by atoms with van der Waals surface area (Å²) in [6.45, 7) is 6.09. The van der Waals surface area contributed by atoms with Crippen molar-refractivity contribution in [3.63, 3.8) is 0 Å². The molecule has 3 aromatic rings. The number of hydrogen-bond donors (Lipinski definition) is 1. The molecule has 6 nitrogen and oxygen atoms in total. The summed E-state index contributed by atoms with van der Waals surface area (Å²) < 4.78 is 1.84. The molecule has 0 bridgehead atoms. The number of fused-ring (bicyclic) bond motifs is 1. The first-order chi connectivity index (χ1) is 11.0. The van der Waals surface area contributed by atoms with Crippen molar-refractivity contribution in [3.05, 3.63) is 39.8 Å². The number of hydrogen-bond acceptors (Lipinski definition) is 6. The second kappa shape index (κ2) is 5.82. The van der Waals surface area contributed by atoms with Crippen LogP contribution in [-0.2, 0) is 7.05 Å². The minimum absolute atomic E-state index is 0.609. The quantitative estimate of drug-likeness (QED) is 0.592. The summed E-state index contributed by atoms with van der Waals surface area (Å²) in [6, 6.07) is 3.98. The zero-order chi connectivity index (χ0) is 16.6. The second-order valence-corrected chi connectivity index (χ2v) is 6.50. The molecule has 0 saturated carbocycles. The highest BCUT2D eigenvalue weighted by molar-refractivity contribution is 7.18. The largest absolute Gasteiger partial charge is 0.339 e. The van der Waals surface area contributed by atoms with Crippen LogP contribution in [0.1, 0.15) is 27.4 Å². The lowest BCUT2D eigenvalue weighted by atomic mass is 10.2. The molecule has 0 fully saturated rings. The molecular formula is C16H16N6S. The molecule has 3 aromatic heterocycles. The molecular weight excluding hydrogens is 308 g/mol. The monoisotopic (exact) mass is 324 g/mol. The fourth-order valence-corrected chi connectivity index (χ4v) is 3.39. The number of nitrogens with one attached hydrogen (secondary N) is 1. The predicted molar refractivity (Wildman–Crippen MR) is 93.0 cm³/mol. The van der Waals surface area contributed by atoms with Crippen LogP contribution in [-0.4, -0.2) is 20.7 Å². The van der Waals surface area contributed by atoms with Crippen molar-refractivity contribution in [3.8, 4) is 6.07 Å². The Morgan fingerprint density at radius 1 is 1.35 bits per heavy atom. The topological polar surface area (TPSA) is 78.9 Å². The van der Waals surface area contributed by atoms with Gasteiger partial charge in [-0.3, -0.25) is 5.43 Å². The van der Waals surface area contributed by atoms with Gasteiger partial charge in [0.05, 0.1) is 11.6 Å². The van der Waals surface area contributed by atoms with Gasteiger partial charge in [-0.1, -0.05) is 0 Å². The summed E-state index contributed by atoms with van der Waals surface area (Å²) in [5, 5.41) is 14.4. The van der Waals surface area contributed by atoms with E-state index in [0.29, 0.717) is 11.5 Å². The summed E-state index contributed by atoms with van der Waals surface area (Å²) in [7, 11) is 1.87. The van der Waals surface area contributed by atoms with Gasteiger partial charge >= 0.3 is 0 Å². The minimum atomic E-state index is 0.609. The van der Waals surface area contributed by atoms with Gasteiger partial charge in [0.2, 0.25) is 0 Å². The Morgan fingerprint density at radius 3 is 2.83 bits per heavy atom. The van der Waals surface area contributed by atoms with Crippen LogP contribution in [0, 0.1) is 32.1 Å². The van der Waals surface area contributed by atoms with Crippen LogP contribution < -0.4 is 5.43 Å². The van der Waals surface area contributed by atoms with Crippen molar-refractivity contribution < 1.29 is 0 Å². The average Bonchev–Trinajstić information content (AvgIpc) is 2.99. The van der Waals surface area contributed by atoms with Gasteiger partial charge in [0.25, 0.3) is 0 Å². The molecule has 0 atom stereocenters. The van der Waals surface area contributed by atoms with Crippen LogP contribution in [0.4, 0.5) is 5.82 Å². The summed E-state index contributed by atoms with van der Waals surface area (Å²) in [5.41, 5.74) is 6.67. The molecule has 0 aliphatic rings. The normalized spacial score (nSPS) is 11.3. The number of hydrazone groups is 1. The van der Waals surface area contributed by atoms with Crippen molar-refractivity contribution in [1.29, 1.82) is 5.26 Å². The van der Waals surface area contributed by atoms with E-state index in [1.165, 1.54) is 16.8 Å². The lowest BCUT2D eigenvalue weighted by Gasteiger charge is -2.02. The number of nitriles is 1. The van der Waals surface area contributed by atoms with Gasteiger partial charge in [-0.15, -0.1) is 11.3 Å². The second-order valence-electron chi connectivity index (χ2n) is 5.30. The maximum atomic E-state index is 9.06. The fraction of sp³-hybridized carbons (Fsp3) is 0.250. The molecule has 0 amide bonds. The first-order valence-electron chi connectivity index (χ1n) is 7.09. The van der Waals surface area contributed by atoms with Crippen molar-refractivity contribution >= 4 is 33.6 Å². The Kier molecular flexibility index (Phi) is 3.84. The van der Waals surface area contributed by atoms with E-state index >= 15 is 0 Å². The van der Waals surface area contributed by atoms with E-state index in [-0.39, 0.29) is 0 Å². The number of aryl methyl sites for hydroxylation is 2. The van der Waals surface area contributed by atoms with Gasteiger partial charge in [-0.2, -0.15) is 10.4 Å². The van der Waals surface area contributed by atoms with E-state index < -0.39 is 0 Å². The van der Waals surface area contributed by atoms with Crippen molar-refractivity contribution in [2.24, 2.45) is 12.1 Å². The lowest BCUT2D eigenvalue weighted by molar-refractivity contribution is 0.865. The van der Waals surface area contributed by atoms with E-state index in [0.717, 1.165) is 21.5 Å². The standard InChI is InChI=1S/C16H16N6S/c1-9-11(3)23-16-14(9)15(18-8-19-16)21-20-7-12-5-13(6-17)22(4)10(12)2/h5,7-8H,1-4H3,(H,18,19,21)/b20-7-. The third kappa shape index (κ3) is 2.58. The molecule has 3 heterocycles. The first-order valence-corrected chi connectivity index (χ1v) is 7.90. The summed E-state index contributed by atoms with van der Waals surface area (Å²) >= 11 is 1.65. The SMILES string of the molecule is Cc1sc2ncnc(N/N=C\c3cc(C#N)n(C)c3C)c2c1C. The molecule has 7 heteroatoms. The van der Waals surface area contributed by atoms with Crippen molar-refractivity contribution in [1.82, 2.24) is 14.5 Å². The minimum Gasteiger partial charge on any atom is -0.339 e. The molecule has 0 aromatic carbocycles. The van der Waals surface area contributed by atoms with Crippen LogP contribution in [0.2, 0.25) is 0 Å². The first kappa shape index (κ1) is 15.2. The smallest absolute Gasteiger partial charge is 0.158 e. The van der Waals surface area contributed by atoms with Crippen LogP contribution in [0.5, 0.6) is 0 Å². The molecule has 0 radical (unpaired) electrons. The molecule has 0 spiro atoms. The highest BCUT2D eigenvalue weighted by Crippen LogP contribution is 2.32. The summed E-state index contributed by atoms with van der Waals surface area (Å²) in [6.07, 6.45) is 3.25. The maximum absolute atomic E-state index is 9.06. The number of aromatic nitrogens is 3. The lowest BCUT2D eigenvalue weighted by Crippen LogP contribution is -1.97. The zero-order valence-electron chi connectivity index (χ0n) is 13.4. The summed E-state index contributed by atoms with van der Waals surface area (Å²) in [4.78, 5) is 10.8. The van der Waals surface area contributed by atoms with Gasteiger partial charge in [-0.25, -0.2) is 9.97 Å². The Labute approximate surface area is 138 Å². The molecule has 0 unspecified atom stereocenters. The van der Waals surface area contributed by atoms with E-state index in [4.69, 9.17) is 5.26 Å². The van der Waals surface area contributed by atoms with E-state index in [1.54, 1.807) is 17.6 Å². The number of nitrogens with zero attached hydrogens (tertiary/aromatic N) is 5. The molecule has 116 valence electrons. The van der Waals surface area contributed by atoms with E-state index in [1.807, 2.05) is 24.6 Å². The Hall–Kier alpha value is -2.72. The van der Waals surface area contributed by atoms with Gasteiger partial charge < -0.3 is 4.57 Å². The third-order valence-corrected chi connectivity index (χ3v) is 5.14. The van der Waals surface area contributed by atoms with Crippen LogP contribution in [0.3, 0.4) is 0 Å². The third-order valence-electron chi connectivity index (χ3n) is 4.03. The summed E-state index contributed by atoms with van der Waals surface area (Å²) in [5.74, 6) is 0.696. The highest BCUT2D eigenvalue weighted by atomic mass is 32.1. The number of thiophene rings is 1. The molecule has 0 aliphatic carbocycles. The van der Waals surface area contributed by atoms with Gasteiger partial charge in [-0.05, 0) is 32.4 Å². The van der Waals surface area contributed by atoms with Crippen molar-refractivity contribution in [2.45, 2.75) is 20.8 Å². The van der Waals surface area contributed by atoms with Gasteiger partial charge in [0.15, 0.2) is 5.82 Å². The average molecular weight is 324 g/mol. The van der Waals surface area contributed by atoms with Crippen LogP contribution >= 0.6 is 11.3 Å². The molecule has 1 N–H and O–H groups in total. The molecule has 0 saturated heterocycles. The highest BCUT2D eigenvalue weighted by Gasteiger charge is 2.11. The molecule has 0 aliphatic heterocycles. The fourth-order valence-electron chi connectivity index (χ4n) is 2.39. The number of rotatable bonds is 3.